The van der Waals surface area contributed by atoms with E-state index in [1.165, 1.54) is 11.2 Å². The Hall–Kier alpha value is -3.30. The highest BCUT2D eigenvalue weighted by Gasteiger charge is 2.43. The largest absolute Gasteiger partial charge is 0.407 e. The molecule has 0 saturated carbocycles. The number of benzene rings is 5. The van der Waals surface area contributed by atoms with Gasteiger partial charge in [0.05, 0.1) is 8.07 Å². The Bertz CT molecular complexity index is 2030. The van der Waals surface area contributed by atoms with E-state index >= 15 is 0 Å². The van der Waals surface area contributed by atoms with Crippen molar-refractivity contribution in [1.82, 2.24) is 0 Å². The van der Waals surface area contributed by atoms with E-state index in [2.05, 4.69) is 108 Å². The third-order valence-corrected chi connectivity index (χ3v) is 31.0. The van der Waals surface area contributed by atoms with Gasteiger partial charge in [0.2, 0.25) is 0 Å². The maximum atomic E-state index is 6.41. The lowest BCUT2D eigenvalue weighted by Gasteiger charge is -2.40. The van der Waals surface area contributed by atoms with Crippen LogP contribution < -0.4 is 48.9 Å². The van der Waals surface area contributed by atoms with Gasteiger partial charge < -0.3 is 58.7 Å². The first kappa shape index (κ1) is 70.7. The lowest BCUT2D eigenvalue weighted by molar-refractivity contribution is -0.0334. The van der Waals surface area contributed by atoms with Crippen molar-refractivity contribution in [2.24, 2.45) is 22.9 Å². The van der Waals surface area contributed by atoms with Crippen LogP contribution in [-0.4, -0.2) is 124 Å². The average molecular weight is 1140 g/mol. The summed E-state index contributed by atoms with van der Waals surface area (Å²) in [7, 11) is -2.90. The summed E-state index contributed by atoms with van der Waals surface area (Å²) in [5, 5.41) is 6.20. The zero-order valence-corrected chi connectivity index (χ0v) is 54.8. The van der Waals surface area contributed by atoms with Gasteiger partial charge in [-0.05, 0) is 104 Å². The summed E-state index contributed by atoms with van der Waals surface area (Å²) in [4.78, 5) is 0. The molecule has 0 heterocycles. The second-order valence-corrected chi connectivity index (χ2v) is 34.3. The van der Waals surface area contributed by atoms with Crippen LogP contribution in [-0.2, 0) is 35.7 Å². The number of methoxy groups -OCH3 is 1. The van der Waals surface area contributed by atoms with E-state index in [9.17, 15) is 0 Å². The number of unbranched alkanes of at least 4 members (excludes halogenated alkanes) is 1. The first-order valence-corrected chi connectivity index (χ1v) is 36.6. The highest BCUT2D eigenvalue weighted by molar-refractivity contribution is 6.94. The smallest absolute Gasteiger partial charge is 0.404 e. The molecule has 5 aromatic carbocycles. The maximum Gasteiger partial charge on any atom is 0.407 e. The number of ether oxygens (including phenoxy) is 1. The lowest BCUT2D eigenvalue weighted by atomic mass is 10.3. The minimum atomic E-state index is -2.64. The Morgan fingerprint density at radius 2 is 0.789 bits per heavy atom. The summed E-state index contributed by atoms with van der Waals surface area (Å²) in [5.41, 5.74) is 24.3. The van der Waals surface area contributed by atoms with Crippen LogP contribution in [0.4, 0.5) is 0 Å². The van der Waals surface area contributed by atoms with Crippen LogP contribution in [0.15, 0.2) is 152 Å². The molecule has 1 unspecified atom stereocenters. The fourth-order valence-corrected chi connectivity index (χ4v) is 23.5. The predicted molar refractivity (Wildman–Crippen MR) is 335 cm³/mol. The molecule has 0 radical (unpaired) electrons. The van der Waals surface area contributed by atoms with Crippen molar-refractivity contribution >= 4 is 70.2 Å². The summed E-state index contributed by atoms with van der Waals surface area (Å²) >= 11 is 0. The van der Waals surface area contributed by atoms with Gasteiger partial charge >= 0.3 is 25.7 Å². The molecule has 0 spiro atoms. The van der Waals surface area contributed by atoms with E-state index in [1.807, 2.05) is 98.8 Å². The van der Waals surface area contributed by atoms with Crippen molar-refractivity contribution in [3.63, 3.8) is 0 Å². The summed E-state index contributed by atoms with van der Waals surface area (Å²) in [6.45, 7) is 23.1. The Kier molecular flexibility index (Phi) is 38.8. The molecule has 1 atom stereocenters. The topological polar surface area (TPSA) is 178 Å². The zero-order chi connectivity index (χ0) is 56.6. The van der Waals surface area contributed by atoms with Crippen LogP contribution in [0.2, 0.25) is 29.2 Å². The van der Waals surface area contributed by atoms with Crippen LogP contribution in [0.1, 0.15) is 81.1 Å². The van der Waals surface area contributed by atoms with Crippen LogP contribution in [0.3, 0.4) is 0 Å². The molecule has 0 aliphatic carbocycles. The molecule has 76 heavy (non-hydrogen) atoms. The normalized spacial score (nSPS) is 12.1. The molecule has 0 aliphatic heterocycles. The molecule has 0 aliphatic rings. The third kappa shape index (κ3) is 23.2. The van der Waals surface area contributed by atoms with Crippen molar-refractivity contribution in [2.75, 3.05) is 73.9 Å². The number of hydrogen-bond donors (Lipinski definition) is 4. The molecular formula is C59H102N4O8Si5. The van der Waals surface area contributed by atoms with E-state index in [0.717, 1.165) is 94.7 Å². The van der Waals surface area contributed by atoms with Gasteiger partial charge in [-0.3, -0.25) is 0 Å². The minimum Gasteiger partial charge on any atom is -0.404 e. The standard InChI is InChI=1S/C18H25NO2Si.C14H25NO2Si.C14H25NSi.C10H17NO2Si.C3H10O2Si/c1-2-20-22(21-16-10-9-15-19,17-11-5-3-6-12-17)18-13-7-4-8-14-18;1-3-11-16-18(13-10-15,17-12-4-2)14-8-6-5-7-9-14;1-12(2)16(11-10-15,13(3)4)14-8-6-5-7-9-14;1-12-14(13-2,9-8-11)10-6-4-3-5-7-10;1-3(4-2)5-6/h3-8,11-14H,2,9-10,15-16,19H2,1H3;5-9H,3-4,10-13,15H2,1-2H3;5-9,12-13H,10-11,15H2,1-4H3;3-7H,8-9,11H2,1-2H3;3H,1-2,6H3. The van der Waals surface area contributed by atoms with Crippen LogP contribution in [0.25, 0.3) is 0 Å². The first-order valence-electron chi connectivity index (χ1n) is 27.6. The molecule has 0 bridgehead atoms. The van der Waals surface area contributed by atoms with Crippen molar-refractivity contribution in [1.29, 1.82) is 0 Å². The Morgan fingerprint density at radius 3 is 1.09 bits per heavy atom. The fourth-order valence-electron chi connectivity index (χ4n) is 9.12. The van der Waals surface area contributed by atoms with Gasteiger partial charge in [-0.1, -0.05) is 198 Å². The summed E-state index contributed by atoms with van der Waals surface area (Å²) < 4.78 is 45.6. The Morgan fingerprint density at radius 1 is 0.421 bits per heavy atom. The molecular weight excluding hydrogens is 1030 g/mol. The molecule has 5 aromatic rings. The summed E-state index contributed by atoms with van der Waals surface area (Å²) in [5.74, 6) is 0. The van der Waals surface area contributed by atoms with Crippen LogP contribution in [0, 0.1) is 0 Å². The van der Waals surface area contributed by atoms with Crippen LogP contribution >= 0.6 is 0 Å². The second-order valence-electron chi connectivity index (χ2n) is 18.8. The van der Waals surface area contributed by atoms with Gasteiger partial charge in [0.1, 0.15) is 16.8 Å². The van der Waals surface area contributed by atoms with Gasteiger partial charge in [-0.25, -0.2) is 0 Å². The van der Waals surface area contributed by atoms with Gasteiger partial charge in [0.25, 0.3) is 0 Å². The molecule has 0 amide bonds. The van der Waals surface area contributed by atoms with E-state index in [4.69, 9.17) is 58.7 Å². The van der Waals surface area contributed by atoms with Gasteiger partial charge in [0, 0.05) is 59.8 Å². The predicted octanol–water partition coefficient (Wildman–Crippen LogP) is 7.17. The summed E-state index contributed by atoms with van der Waals surface area (Å²) in [6.07, 6.45) is 3.93. The first-order chi connectivity index (χ1) is 36.8. The fraction of sp³-hybridized carbons (Fsp3) is 0.492. The molecule has 12 nitrogen and oxygen atoms in total. The maximum absolute atomic E-state index is 6.41. The number of hydrogen-bond acceptors (Lipinski definition) is 12. The molecule has 426 valence electrons. The van der Waals surface area contributed by atoms with Gasteiger partial charge in [-0.15, -0.1) is 0 Å². The highest BCUT2D eigenvalue weighted by Crippen LogP contribution is 2.35. The molecule has 0 saturated heterocycles. The third-order valence-electron chi connectivity index (χ3n) is 13.3. The molecule has 8 N–H and O–H groups in total. The quantitative estimate of drug-likeness (QED) is 0.0208. The Labute approximate surface area is 468 Å². The van der Waals surface area contributed by atoms with Crippen molar-refractivity contribution in [2.45, 2.75) is 117 Å². The second kappa shape index (κ2) is 41.7. The van der Waals surface area contributed by atoms with Crippen molar-refractivity contribution in [3.05, 3.63) is 152 Å². The SMILES string of the molecule is CC(C)[Si](CCN)(c1ccccc1)C(C)C.CCCO[Si](CCN)(OCCC)c1ccccc1.CCO[Si](OCCCCN)(c1ccccc1)c1ccccc1.COC(C)O[SiH3].CO[Si](CCN)(OC)c1ccccc1. The average Bonchev–Trinajstić information content (AvgIpc) is 3.47. The molecule has 5 rings (SSSR count). The highest BCUT2D eigenvalue weighted by atomic mass is 28.4. The summed E-state index contributed by atoms with van der Waals surface area (Å²) in [6, 6.07) is 54.8. The molecule has 17 heteroatoms. The monoisotopic (exact) mass is 1130 g/mol. The van der Waals surface area contributed by atoms with E-state index in [-0.39, 0.29) is 6.29 Å². The van der Waals surface area contributed by atoms with Gasteiger partial charge in [0.15, 0.2) is 0 Å². The van der Waals surface area contributed by atoms with Crippen molar-refractivity contribution < 1.29 is 35.7 Å². The zero-order valence-electron chi connectivity index (χ0n) is 48.8. The lowest BCUT2D eigenvalue weighted by Crippen LogP contribution is -2.63. The molecule has 0 fully saturated rings. The Balaban J connectivity index is 0.000000494. The van der Waals surface area contributed by atoms with E-state index in [1.54, 1.807) is 26.5 Å². The van der Waals surface area contributed by atoms with Crippen molar-refractivity contribution in [3.8, 4) is 0 Å². The molecule has 0 aromatic heterocycles. The number of rotatable bonds is 30. The van der Waals surface area contributed by atoms with E-state index < -0.39 is 33.8 Å². The minimum absolute atomic E-state index is 0.00309. The number of nitrogens with two attached hydrogens (primary N) is 4. The van der Waals surface area contributed by atoms with Crippen LogP contribution in [0.5, 0.6) is 0 Å². The van der Waals surface area contributed by atoms with Gasteiger partial charge in [-0.2, -0.15) is 0 Å². The van der Waals surface area contributed by atoms with E-state index in [0.29, 0.717) is 32.8 Å².